The molecule has 0 N–H and O–H groups in total. The van der Waals surface area contributed by atoms with Gasteiger partial charge >= 0.3 is 0 Å². The van der Waals surface area contributed by atoms with Gasteiger partial charge in [-0.05, 0) is 31.0 Å². The number of thioether (sulfide) groups is 1. The van der Waals surface area contributed by atoms with Gasteiger partial charge in [-0.1, -0.05) is 36.0 Å². The normalized spacial score (nSPS) is 24.3. The molecule has 2 rings (SSSR count). The van der Waals surface area contributed by atoms with E-state index in [1.165, 1.54) is 12.8 Å². The van der Waals surface area contributed by atoms with E-state index in [0.29, 0.717) is 15.3 Å². The van der Waals surface area contributed by atoms with E-state index in [2.05, 4.69) is 6.07 Å². The lowest BCUT2D eigenvalue weighted by molar-refractivity contribution is 0.439. The molecule has 1 fully saturated rings. The summed E-state index contributed by atoms with van der Waals surface area (Å²) in [4.78, 5) is 1.10. The first-order chi connectivity index (χ1) is 8.20. The number of nitriles is 1. The Morgan fingerprint density at radius 2 is 1.94 bits per heavy atom. The van der Waals surface area contributed by atoms with Crippen LogP contribution in [0, 0.1) is 17.2 Å². The van der Waals surface area contributed by atoms with E-state index < -0.39 is 0 Å². The van der Waals surface area contributed by atoms with Gasteiger partial charge in [0.2, 0.25) is 0 Å². The summed E-state index contributed by atoms with van der Waals surface area (Å²) in [5.74, 6) is 0.170. The molecule has 1 aromatic carbocycles. The van der Waals surface area contributed by atoms with Crippen molar-refractivity contribution in [1.82, 2.24) is 0 Å². The van der Waals surface area contributed by atoms with E-state index >= 15 is 0 Å². The molecule has 4 heteroatoms. The molecule has 0 spiro atoms. The van der Waals surface area contributed by atoms with E-state index in [4.69, 9.17) is 28.5 Å². The van der Waals surface area contributed by atoms with E-state index in [0.717, 1.165) is 17.7 Å². The predicted molar refractivity (Wildman–Crippen MR) is 73.7 cm³/mol. The molecular weight excluding hydrogens is 273 g/mol. The fourth-order valence-corrected chi connectivity index (χ4v) is 3.80. The molecule has 0 saturated heterocycles. The van der Waals surface area contributed by atoms with Gasteiger partial charge in [-0.25, -0.2) is 0 Å². The second-order valence-corrected chi connectivity index (χ2v) is 6.38. The Morgan fingerprint density at radius 3 is 2.65 bits per heavy atom. The van der Waals surface area contributed by atoms with Gasteiger partial charge in [0.15, 0.2) is 0 Å². The van der Waals surface area contributed by atoms with Crippen LogP contribution in [0.25, 0.3) is 0 Å². The van der Waals surface area contributed by atoms with Crippen molar-refractivity contribution in [3.05, 3.63) is 28.2 Å². The fraction of sp³-hybridized carbons (Fsp3) is 0.462. The van der Waals surface area contributed by atoms with Gasteiger partial charge in [0.05, 0.1) is 22.0 Å². The van der Waals surface area contributed by atoms with E-state index in [9.17, 15) is 0 Å². The third-order valence-corrected chi connectivity index (χ3v) is 5.18. The zero-order chi connectivity index (χ0) is 12.3. The molecule has 2 atom stereocenters. The minimum absolute atomic E-state index is 0.170. The maximum absolute atomic E-state index is 9.13. The predicted octanol–water partition coefficient (Wildman–Crippen LogP) is 5.17. The zero-order valence-corrected chi connectivity index (χ0v) is 11.7. The number of rotatable bonds is 2. The molecular formula is C13H13Cl2NS. The highest BCUT2D eigenvalue weighted by atomic mass is 35.5. The lowest BCUT2D eigenvalue weighted by Crippen LogP contribution is -2.20. The Balaban J connectivity index is 2.09. The van der Waals surface area contributed by atoms with Gasteiger partial charge in [0.1, 0.15) is 0 Å². The summed E-state index contributed by atoms with van der Waals surface area (Å²) in [6, 6.07) is 8.10. The van der Waals surface area contributed by atoms with Crippen molar-refractivity contribution < 1.29 is 0 Å². The van der Waals surface area contributed by atoms with Crippen molar-refractivity contribution in [2.75, 3.05) is 0 Å². The molecule has 1 aromatic rings. The lowest BCUT2D eigenvalue weighted by Gasteiger charge is -2.26. The fourth-order valence-electron chi connectivity index (χ4n) is 2.11. The van der Waals surface area contributed by atoms with Crippen LogP contribution in [0.5, 0.6) is 0 Å². The monoisotopic (exact) mass is 285 g/mol. The molecule has 1 aliphatic carbocycles. The zero-order valence-electron chi connectivity index (χ0n) is 9.33. The van der Waals surface area contributed by atoms with Crippen molar-refractivity contribution in [2.45, 2.75) is 35.8 Å². The average molecular weight is 286 g/mol. The summed E-state index contributed by atoms with van der Waals surface area (Å²) in [6.07, 6.45) is 4.53. The smallest absolute Gasteiger partial charge is 0.0667 e. The minimum Gasteiger partial charge on any atom is -0.198 e. The Bertz CT molecular complexity index is 442. The minimum atomic E-state index is 0.170. The van der Waals surface area contributed by atoms with Crippen LogP contribution in [-0.2, 0) is 0 Å². The van der Waals surface area contributed by atoms with Gasteiger partial charge in [0.25, 0.3) is 0 Å². The molecule has 0 aliphatic heterocycles. The summed E-state index contributed by atoms with van der Waals surface area (Å²) in [5.41, 5.74) is 0. The maximum atomic E-state index is 9.13. The molecule has 0 aromatic heterocycles. The Morgan fingerprint density at radius 1 is 1.18 bits per heavy atom. The van der Waals surface area contributed by atoms with Gasteiger partial charge in [-0.2, -0.15) is 5.26 Å². The summed E-state index contributed by atoms with van der Waals surface area (Å²) in [5, 5.41) is 10.7. The van der Waals surface area contributed by atoms with Crippen LogP contribution >= 0.6 is 35.0 Å². The summed E-state index contributed by atoms with van der Waals surface area (Å²) in [7, 11) is 0. The number of hydrogen-bond donors (Lipinski definition) is 0. The van der Waals surface area contributed by atoms with E-state index in [1.807, 2.05) is 18.2 Å². The lowest BCUT2D eigenvalue weighted by atomic mass is 9.90. The first-order valence-electron chi connectivity index (χ1n) is 5.72. The van der Waals surface area contributed by atoms with Gasteiger partial charge in [0, 0.05) is 10.1 Å². The van der Waals surface area contributed by atoms with Crippen LogP contribution < -0.4 is 0 Å². The van der Waals surface area contributed by atoms with E-state index in [1.54, 1.807) is 11.8 Å². The highest BCUT2D eigenvalue weighted by molar-refractivity contribution is 8.00. The first kappa shape index (κ1) is 13.1. The second-order valence-electron chi connectivity index (χ2n) is 4.25. The standard InChI is InChI=1S/C13H13Cl2NS/c14-11-6-5-10(7-12(11)15)17-13-4-2-1-3-9(13)8-16/h5-7,9,13H,1-4H2. The number of hydrogen-bond acceptors (Lipinski definition) is 2. The number of nitrogens with zero attached hydrogens (tertiary/aromatic N) is 1. The quantitative estimate of drug-likeness (QED) is 0.749. The van der Waals surface area contributed by atoms with Crippen molar-refractivity contribution in [3.63, 3.8) is 0 Å². The van der Waals surface area contributed by atoms with Crippen molar-refractivity contribution in [2.24, 2.45) is 5.92 Å². The summed E-state index contributed by atoms with van der Waals surface area (Å²) < 4.78 is 0. The van der Waals surface area contributed by atoms with E-state index in [-0.39, 0.29) is 5.92 Å². The largest absolute Gasteiger partial charge is 0.198 e. The van der Waals surface area contributed by atoms with Crippen LogP contribution in [0.15, 0.2) is 23.1 Å². The Hall–Kier alpha value is -0.360. The molecule has 1 saturated carbocycles. The van der Waals surface area contributed by atoms with Crippen molar-refractivity contribution in [3.8, 4) is 6.07 Å². The van der Waals surface area contributed by atoms with Crippen LogP contribution in [0.2, 0.25) is 10.0 Å². The second kappa shape index (κ2) is 6.00. The molecule has 1 nitrogen and oxygen atoms in total. The highest BCUT2D eigenvalue weighted by Crippen LogP contribution is 2.38. The third kappa shape index (κ3) is 3.31. The molecule has 90 valence electrons. The van der Waals surface area contributed by atoms with Crippen molar-refractivity contribution in [1.29, 1.82) is 5.26 Å². The molecule has 2 unspecified atom stereocenters. The summed E-state index contributed by atoms with van der Waals surface area (Å²) in [6.45, 7) is 0. The molecule has 0 amide bonds. The first-order valence-corrected chi connectivity index (χ1v) is 7.35. The number of benzene rings is 1. The topological polar surface area (TPSA) is 23.8 Å². The van der Waals surface area contributed by atoms with Crippen LogP contribution in [0.3, 0.4) is 0 Å². The van der Waals surface area contributed by atoms with Crippen LogP contribution in [0.1, 0.15) is 25.7 Å². The molecule has 0 radical (unpaired) electrons. The average Bonchev–Trinajstić information content (AvgIpc) is 2.34. The number of halogens is 2. The SMILES string of the molecule is N#CC1CCCCC1Sc1ccc(Cl)c(Cl)c1. The molecule has 0 bridgehead atoms. The van der Waals surface area contributed by atoms with Gasteiger partial charge in [-0.15, -0.1) is 11.8 Å². The van der Waals surface area contributed by atoms with Crippen molar-refractivity contribution >= 4 is 35.0 Å². The van der Waals surface area contributed by atoms with Gasteiger partial charge < -0.3 is 0 Å². The van der Waals surface area contributed by atoms with Gasteiger partial charge in [-0.3, -0.25) is 0 Å². The Kier molecular flexibility index (Phi) is 4.62. The van der Waals surface area contributed by atoms with Crippen LogP contribution in [0.4, 0.5) is 0 Å². The summed E-state index contributed by atoms with van der Waals surface area (Å²) >= 11 is 13.6. The highest BCUT2D eigenvalue weighted by Gasteiger charge is 2.25. The van der Waals surface area contributed by atoms with Crippen LogP contribution in [-0.4, -0.2) is 5.25 Å². The third-order valence-electron chi connectivity index (χ3n) is 3.05. The Labute approximate surface area is 116 Å². The maximum Gasteiger partial charge on any atom is 0.0667 e. The molecule has 1 aliphatic rings. The molecule has 0 heterocycles. The molecule has 17 heavy (non-hydrogen) atoms.